The number of halogens is 1. The number of rotatable bonds is 5. The van der Waals surface area contributed by atoms with E-state index in [1.54, 1.807) is 36.4 Å². The molecule has 2 N–H and O–H groups in total. The van der Waals surface area contributed by atoms with Crippen molar-refractivity contribution in [3.63, 3.8) is 0 Å². The SMILES string of the molecule is CC(NC(=O)c1cccc(NC(=O)c2cccs2)c1)c1ccccc1Cl. The lowest BCUT2D eigenvalue weighted by Crippen LogP contribution is -2.27. The van der Waals surface area contributed by atoms with Gasteiger partial charge in [0.25, 0.3) is 11.8 Å². The van der Waals surface area contributed by atoms with Gasteiger partial charge in [0.2, 0.25) is 0 Å². The van der Waals surface area contributed by atoms with E-state index >= 15 is 0 Å². The van der Waals surface area contributed by atoms with E-state index in [0.717, 1.165) is 5.56 Å². The fourth-order valence-corrected chi connectivity index (χ4v) is 3.44. The fraction of sp³-hybridized carbons (Fsp3) is 0.100. The zero-order valence-corrected chi connectivity index (χ0v) is 15.6. The third-order valence-electron chi connectivity index (χ3n) is 3.85. The molecule has 4 nitrogen and oxygen atoms in total. The van der Waals surface area contributed by atoms with Crippen LogP contribution >= 0.6 is 22.9 Å². The average molecular weight is 385 g/mol. The van der Waals surface area contributed by atoms with Crippen molar-refractivity contribution in [1.82, 2.24) is 5.32 Å². The summed E-state index contributed by atoms with van der Waals surface area (Å²) in [5, 5.41) is 8.18. The van der Waals surface area contributed by atoms with Gasteiger partial charge in [-0.1, -0.05) is 41.9 Å². The number of anilines is 1. The van der Waals surface area contributed by atoms with Gasteiger partial charge in [-0.3, -0.25) is 9.59 Å². The Kier molecular flexibility index (Phi) is 5.71. The van der Waals surface area contributed by atoms with E-state index < -0.39 is 0 Å². The number of thiophene rings is 1. The summed E-state index contributed by atoms with van der Waals surface area (Å²) >= 11 is 7.55. The van der Waals surface area contributed by atoms with Crippen LogP contribution in [0.3, 0.4) is 0 Å². The molecule has 2 amide bonds. The summed E-state index contributed by atoms with van der Waals surface area (Å²) in [6.45, 7) is 1.88. The Balaban J connectivity index is 1.70. The molecule has 0 spiro atoms. The van der Waals surface area contributed by atoms with Crippen LogP contribution in [0.1, 0.15) is 38.6 Å². The summed E-state index contributed by atoms with van der Waals surface area (Å²) in [5.74, 6) is -0.424. The molecule has 0 saturated carbocycles. The van der Waals surface area contributed by atoms with Crippen molar-refractivity contribution >= 4 is 40.4 Å². The topological polar surface area (TPSA) is 58.2 Å². The van der Waals surface area contributed by atoms with E-state index in [-0.39, 0.29) is 17.9 Å². The molecule has 1 unspecified atom stereocenters. The minimum Gasteiger partial charge on any atom is -0.345 e. The molecular formula is C20H17ClN2O2S. The average Bonchev–Trinajstić information content (AvgIpc) is 3.17. The predicted octanol–water partition coefficient (Wildman–Crippen LogP) is 5.14. The standard InChI is InChI=1S/C20H17ClN2O2S/c1-13(16-8-2-3-9-17(16)21)22-19(24)14-6-4-7-15(12-14)23-20(25)18-10-5-11-26-18/h2-13H,1H3,(H,22,24)(H,23,25). The summed E-state index contributed by atoms with van der Waals surface area (Å²) in [7, 11) is 0. The molecular weight excluding hydrogens is 368 g/mol. The molecule has 0 aliphatic heterocycles. The molecule has 1 aromatic heterocycles. The molecule has 0 saturated heterocycles. The van der Waals surface area contributed by atoms with Crippen LogP contribution in [-0.4, -0.2) is 11.8 Å². The fourth-order valence-electron chi connectivity index (χ4n) is 2.52. The Morgan fingerprint density at radius 2 is 1.81 bits per heavy atom. The lowest BCUT2D eigenvalue weighted by atomic mass is 10.1. The largest absolute Gasteiger partial charge is 0.345 e. The monoisotopic (exact) mass is 384 g/mol. The van der Waals surface area contributed by atoms with Crippen molar-refractivity contribution in [1.29, 1.82) is 0 Å². The molecule has 0 radical (unpaired) electrons. The molecule has 0 bridgehead atoms. The van der Waals surface area contributed by atoms with E-state index in [4.69, 9.17) is 11.6 Å². The maximum absolute atomic E-state index is 12.5. The molecule has 3 aromatic rings. The molecule has 0 aliphatic rings. The van der Waals surface area contributed by atoms with E-state index in [1.165, 1.54) is 11.3 Å². The minimum atomic E-state index is -0.236. The Hall–Kier alpha value is -2.63. The number of nitrogens with one attached hydrogen (secondary N) is 2. The molecule has 0 aliphatic carbocycles. The Bertz CT molecular complexity index is 925. The smallest absolute Gasteiger partial charge is 0.265 e. The van der Waals surface area contributed by atoms with Crippen LogP contribution < -0.4 is 10.6 Å². The Labute approximate surface area is 160 Å². The first-order valence-electron chi connectivity index (χ1n) is 8.05. The molecule has 132 valence electrons. The van der Waals surface area contributed by atoms with Crippen molar-refractivity contribution in [2.24, 2.45) is 0 Å². The molecule has 26 heavy (non-hydrogen) atoms. The highest BCUT2D eigenvalue weighted by Crippen LogP contribution is 2.23. The van der Waals surface area contributed by atoms with Crippen LogP contribution in [-0.2, 0) is 0 Å². The second-order valence-electron chi connectivity index (χ2n) is 5.73. The second kappa shape index (κ2) is 8.17. The Morgan fingerprint density at radius 3 is 2.54 bits per heavy atom. The predicted molar refractivity (Wildman–Crippen MR) is 106 cm³/mol. The summed E-state index contributed by atoms with van der Waals surface area (Å²) in [6, 6.07) is 17.6. The van der Waals surface area contributed by atoms with Gasteiger partial charge in [-0.25, -0.2) is 0 Å². The van der Waals surface area contributed by atoms with Gasteiger partial charge < -0.3 is 10.6 Å². The van der Waals surface area contributed by atoms with Gasteiger partial charge in [-0.15, -0.1) is 11.3 Å². The van der Waals surface area contributed by atoms with Crippen molar-refractivity contribution in [2.45, 2.75) is 13.0 Å². The lowest BCUT2D eigenvalue weighted by molar-refractivity contribution is 0.0938. The molecule has 1 atom stereocenters. The van der Waals surface area contributed by atoms with Gasteiger partial charge in [0.05, 0.1) is 10.9 Å². The summed E-state index contributed by atoms with van der Waals surface area (Å²) in [5.41, 5.74) is 1.89. The normalized spacial score (nSPS) is 11.6. The molecule has 6 heteroatoms. The first-order chi connectivity index (χ1) is 12.5. The lowest BCUT2D eigenvalue weighted by Gasteiger charge is -2.16. The molecule has 2 aromatic carbocycles. The zero-order valence-electron chi connectivity index (χ0n) is 14.0. The number of hydrogen-bond donors (Lipinski definition) is 2. The highest BCUT2D eigenvalue weighted by molar-refractivity contribution is 7.12. The first kappa shape index (κ1) is 18.2. The number of amides is 2. The van der Waals surface area contributed by atoms with Gasteiger partial charge in [-0.05, 0) is 48.2 Å². The molecule has 3 rings (SSSR count). The quantitative estimate of drug-likeness (QED) is 0.639. The van der Waals surface area contributed by atoms with Gasteiger partial charge >= 0.3 is 0 Å². The number of benzene rings is 2. The van der Waals surface area contributed by atoms with Crippen LogP contribution in [0, 0.1) is 0 Å². The van der Waals surface area contributed by atoms with Crippen LogP contribution in [0.15, 0.2) is 66.0 Å². The Morgan fingerprint density at radius 1 is 1.00 bits per heavy atom. The van der Waals surface area contributed by atoms with Gasteiger partial charge in [0.1, 0.15) is 0 Å². The maximum atomic E-state index is 12.5. The van der Waals surface area contributed by atoms with Crippen LogP contribution in [0.2, 0.25) is 5.02 Å². The first-order valence-corrected chi connectivity index (χ1v) is 9.30. The number of carbonyl (C=O) groups excluding carboxylic acids is 2. The second-order valence-corrected chi connectivity index (χ2v) is 7.08. The van der Waals surface area contributed by atoms with E-state index in [1.807, 2.05) is 36.6 Å². The van der Waals surface area contributed by atoms with E-state index in [2.05, 4.69) is 10.6 Å². The molecule has 0 fully saturated rings. The van der Waals surface area contributed by atoms with Crippen LogP contribution in [0.25, 0.3) is 0 Å². The summed E-state index contributed by atoms with van der Waals surface area (Å²) in [4.78, 5) is 25.3. The van der Waals surface area contributed by atoms with Crippen molar-refractivity contribution < 1.29 is 9.59 Å². The van der Waals surface area contributed by atoms with Gasteiger partial charge in [-0.2, -0.15) is 0 Å². The third kappa shape index (κ3) is 4.31. The van der Waals surface area contributed by atoms with Gasteiger partial charge in [0, 0.05) is 16.3 Å². The van der Waals surface area contributed by atoms with Crippen LogP contribution in [0.5, 0.6) is 0 Å². The molecule has 1 heterocycles. The summed E-state index contributed by atoms with van der Waals surface area (Å²) in [6.07, 6.45) is 0. The third-order valence-corrected chi connectivity index (χ3v) is 5.06. The maximum Gasteiger partial charge on any atom is 0.265 e. The van der Waals surface area contributed by atoms with Crippen molar-refractivity contribution in [3.8, 4) is 0 Å². The number of carbonyl (C=O) groups is 2. The highest BCUT2D eigenvalue weighted by atomic mass is 35.5. The summed E-state index contributed by atoms with van der Waals surface area (Å²) < 4.78 is 0. The highest BCUT2D eigenvalue weighted by Gasteiger charge is 2.14. The van der Waals surface area contributed by atoms with E-state index in [9.17, 15) is 9.59 Å². The number of hydrogen-bond acceptors (Lipinski definition) is 3. The minimum absolute atomic E-state index is 0.193. The van der Waals surface area contributed by atoms with Crippen molar-refractivity contribution in [2.75, 3.05) is 5.32 Å². The van der Waals surface area contributed by atoms with Crippen molar-refractivity contribution in [3.05, 3.63) is 87.1 Å². The van der Waals surface area contributed by atoms with Gasteiger partial charge in [0.15, 0.2) is 0 Å². The zero-order chi connectivity index (χ0) is 18.5. The van der Waals surface area contributed by atoms with Crippen LogP contribution in [0.4, 0.5) is 5.69 Å². The van der Waals surface area contributed by atoms with E-state index in [0.29, 0.717) is 21.2 Å².